The fraction of sp³-hybridized carbons (Fsp3) is 0.571. The Morgan fingerprint density at radius 1 is 1.09 bits per heavy atom. The van der Waals surface area contributed by atoms with Crippen LogP contribution in [0.5, 0.6) is 17.2 Å². The van der Waals surface area contributed by atoms with Gasteiger partial charge in [-0.3, -0.25) is 4.99 Å². The highest BCUT2D eigenvalue weighted by Crippen LogP contribution is 2.39. The lowest BCUT2D eigenvalue weighted by Crippen LogP contribution is -2.52. The number of piperazine rings is 1. The first-order chi connectivity index (χ1) is 15.1. The van der Waals surface area contributed by atoms with Crippen molar-refractivity contribution in [2.24, 2.45) is 4.99 Å². The molecule has 1 aromatic heterocycles. The third kappa shape index (κ3) is 6.06. The van der Waals surface area contributed by atoms with Crippen molar-refractivity contribution in [1.82, 2.24) is 19.6 Å². The molecule has 0 radical (unpaired) electrons. The summed E-state index contributed by atoms with van der Waals surface area (Å²) in [6.45, 7) is 6.40. The van der Waals surface area contributed by atoms with Crippen LogP contribution in [0, 0.1) is 0 Å². The van der Waals surface area contributed by atoms with Gasteiger partial charge in [0.15, 0.2) is 17.5 Å². The molecule has 2 aromatic rings. The Labute approximate surface area is 211 Å². The predicted octanol–water partition coefficient (Wildman–Crippen LogP) is 2.68. The average molecular weight is 577 g/mol. The second-order valence-electron chi connectivity index (χ2n) is 7.04. The van der Waals surface area contributed by atoms with E-state index in [1.54, 1.807) is 21.3 Å². The van der Waals surface area contributed by atoms with E-state index < -0.39 is 0 Å². The summed E-state index contributed by atoms with van der Waals surface area (Å²) in [7, 11) is 6.71. The molecule has 0 spiro atoms. The fourth-order valence-corrected chi connectivity index (χ4v) is 4.43. The summed E-state index contributed by atoms with van der Waals surface area (Å²) >= 11 is 1.49. The summed E-state index contributed by atoms with van der Waals surface area (Å²) in [6, 6.07) is 3.91. The topological polar surface area (TPSA) is 84.3 Å². The average Bonchev–Trinajstić information content (AvgIpc) is 3.30. The van der Waals surface area contributed by atoms with Gasteiger partial charge < -0.3 is 29.3 Å². The molecule has 178 valence electrons. The molecule has 0 bridgehead atoms. The molecule has 11 heteroatoms. The molecule has 1 fully saturated rings. The molecule has 0 unspecified atom stereocenters. The van der Waals surface area contributed by atoms with Crippen LogP contribution in [-0.2, 0) is 12.8 Å². The minimum absolute atomic E-state index is 0. The summed E-state index contributed by atoms with van der Waals surface area (Å²) in [4.78, 5) is 13.7. The minimum atomic E-state index is 0. The van der Waals surface area contributed by atoms with E-state index in [9.17, 15) is 0 Å². The van der Waals surface area contributed by atoms with Crippen LogP contribution in [0.2, 0.25) is 0 Å². The van der Waals surface area contributed by atoms with Gasteiger partial charge in [-0.2, -0.15) is 4.37 Å². The van der Waals surface area contributed by atoms with Crippen molar-refractivity contribution in [2.75, 3.05) is 66.0 Å². The third-order valence-corrected chi connectivity index (χ3v) is 6.11. The maximum atomic E-state index is 5.58. The molecule has 2 heterocycles. The Morgan fingerprint density at radius 3 is 2.38 bits per heavy atom. The molecule has 0 aliphatic carbocycles. The molecule has 1 N–H and O–H groups in total. The van der Waals surface area contributed by atoms with Crippen LogP contribution < -0.4 is 24.4 Å². The van der Waals surface area contributed by atoms with Gasteiger partial charge in [0.2, 0.25) is 10.9 Å². The number of benzene rings is 1. The number of hydrogen-bond acceptors (Lipinski definition) is 8. The number of nitrogens with zero attached hydrogens (tertiary/aromatic N) is 5. The zero-order chi connectivity index (χ0) is 22.2. The van der Waals surface area contributed by atoms with Gasteiger partial charge in [0.25, 0.3) is 0 Å². The van der Waals surface area contributed by atoms with Crippen LogP contribution in [0.15, 0.2) is 17.1 Å². The quantitative estimate of drug-likeness (QED) is 0.292. The lowest BCUT2D eigenvalue weighted by atomic mass is 10.1. The number of ether oxygens (including phenoxy) is 3. The maximum Gasteiger partial charge on any atom is 0.205 e. The third-order valence-electron chi connectivity index (χ3n) is 5.30. The lowest BCUT2D eigenvalue weighted by molar-refractivity contribution is 0.322. The number of aliphatic imine (C=N–C) groups is 1. The zero-order valence-corrected chi connectivity index (χ0v) is 22.5. The maximum absolute atomic E-state index is 5.58. The van der Waals surface area contributed by atoms with Crippen LogP contribution in [0.3, 0.4) is 0 Å². The lowest BCUT2D eigenvalue weighted by Gasteiger charge is -2.36. The highest BCUT2D eigenvalue weighted by molar-refractivity contribution is 14.0. The molecule has 32 heavy (non-hydrogen) atoms. The number of guanidine groups is 1. The normalized spacial score (nSPS) is 14.1. The number of methoxy groups -OCH3 is 3. The summed E-state index contributed by atoms with van der Waals surface area (Å²) in [5, 5.41) is 4.49. The van der Waals surface area contributed by atoms with E-state index >= 15 is 0 Å². The van der Waals surface area contributed by atoms with Crippen LogP contribution in [0.25, 0.3) is 0 Å². The number of hydrogen-bond donors (Lipinski definition) is 1. The van der Waals surface area contributed by atoms with E-state index in [0.717, 1.165) is 68.0 Å². The Morgan fingerprint density at radius 2 is 1.81 bits per heavy atom. The molecule has 0 amide bonds. The van der Waals surface area contributed by atoms with Gasteiger partial charge in [-0.1, -0.05) is 13.0 Å². The molecule has 9 nitrogen and oxygen atoms in total. The molecule has 1 aromatic carbocycles. The van der Waals surface area contributed by atoms with Crippen LogP contribution >= 0.6 is 35.5 Å². The van der Waals surface area contributed by atoms with Crippen molar-refractivity contribution in [3.05, 3.63) is 23.5 Å². The number of nitrogens with one attached hydrogen (secondary N) is 1. The number of aryl methyl sites for hydroxylation is 1. The Bertz CT molecular complexity index is 886. The van der Waals surface area contributed by atoms with Gasteiger partial charge in [0.1, 0.15) is 5.82 Å². The van der Waals surface area contributed by atoms with Gasteiger partial charge in [0, 0.05) is 63.3 Å². The molecule has 1 aliphatic rings. The second kappa shape index (κ2) is 12.9. The smallest absolute Gasteiger partial charge is 0.205 e. The van der Waals surface area contributed by atoms with E-state index in [0.29, 0.717) is 17.2 Å². The van der Waals surface area contributed by atoms with Crippen molar-refractivity contribution in [3.63, 3.8) is 0 Å². The number of halogens is 1. The first-order valence-corrected chi connectivity index (χ1v) is 11.2. The monoisotopic (exact) mass is 576 g/mol. The highest BCUT2D eigenvalue weighted by atomic mass is 127. The number of anilines is 1. The number of rotatable bonds is 8. The molecule has 0 saturated carbocycles. The predicted molar refractivity (Wildman–Crippen MR) is 140 cm³/mol. The first kappa shape index (κ1) is 26.2. The van der Waals surface area contributed by atoms with Crippen molar-refractivity contribution in [2.45, 2.75) is 19.8 Å². The van der Waals surface area contributed by atoms with Gasteiger partial charge in [0.05, 0.1) is 21.3 Å². The van der Waals surface area contributed by atoms with E-state index in [2.05, 4.69) is 36.4 Å². The summed E-state index contributed by atoms with van der Waals surface area (Å²) < 4.78 is 20.8. The molecular weight excluding hydrogens is 543 g/mol. The first-order valence-electron chi connectivity index (χ1n) is 10.5. The van der Waals surface area contributed by atoms with Gasteiger partial charge in [-0.25, -0.2) is 4.98 Å². The van der Waals surface area contributed by atoms with Crippen molar-refractivity contribution >= 4 is 46.6 Å². The van der Waals surface area contributed by atoms with Crippen molar-refractivity contribution in [3.8, 4) is 17.2 Å². The number of aromatic nitrogens is 2. The molecule has 3 rings (SSSR count). The molecule has 1 aliphatic heterocycles. The molecule has 1 saturated heterocycles. The van der Waals surface area contributed by atoms with Gasteiger partial charge in [-0.15, -0.1) is 24.0 Å². The van der Waals surface area contributed by atoms with Crippen LogP contribution in [0.1, 0.15) is 18.3 Å². The van der Waals surface area contributed by atoms with E-state index in [-0.39, 0.29) is 24.0 Å². The summed E-state index contributed by atoms with van der Waals surface area (Å²) in [5.41, 5.74) is 1.05. The largest absolute Gasteiger partial charge is 0.493 e. The molecule has 0 atom stereocenters. The molecular formula is C21H33IN6O3S. The SMILES string of the molecule is CCc1nsc(N2CCN(C(=NC)NCCc3ccc(OC)c(OC)c3OC)CC2)n1.I. The minimum Gasteiger partial charge on any atom is -0.493 e. The fourth-order valence-electron chi connectivity index (χ4n) is 3.63. The zero-order valence-electron chi connectivity index (χ0n) is 19.4. The summed E-state index contributed by atoms with van der Waals surface area (Å²) in [6.07, 6.45) is 1.64. The van der Waals surface area contributed by atoms with Crippen LogP contribution in [-0.4, -0.2) is 81.3 Å². The Kier molecular flexibility index (Phi) is 10.6. The Balaban J connectivity index is 0.00000363. The van der Waals surface area contributed by atoms with Crippen LogP contribution in [0.4, 0.5) is 5.13 Å². The van der Waals surface area contributed by atoms with E-state index in [4.69, 9.17) is 14.2 Å². The summed E-state index contributed by atoms with van der Waals surface area (Å²) in [5.74, 6) is 3.81. The second-order valence-corrected chi connectivity index (χ2v) is 7.77. The van der Waals surface area contributed by atoms with Gasteiger partial charge in [-0.05, 0) is 12.5 Å². The van der Waals surface area contributed by atoms with Crippen molar-refractivity contribution < 1.29 is 14.2 Å². The van der Waals surface area contributed by atoms with Gasteiger partial charge >= 0.3 is 0 Å². The van der Waals surface area contributed by atoms with Crippen molar-refractivity contribution in [1.29, 1.82) is 0 Å². The van der Waals surface area contributed by atoms with E-state index in [1.807, 2.05) is 19.2 Å². The highest BCUT2D eigenvalue weighted by Gasteiger charge is 2.22. The Hall–Kier alpha value is -2.02. The van der Waals surface area contributed by atoms with E-state index in [1.165, 1.54) is 11.5 Å². The standard InChI is InChI=1S/C21H32N6O3S.HI/c1-6-17-24-21(31-25-17)27-13-11-26(12-14-27)20(22-2)23-10-9-15-7-8-16(28-3)19(30-5)18(15)29-4;/h7-8H,6,9-14H2,1-5H3,(H,22,23);1H.